The molecule has 2 rings (SSSR count). The average Bonchev–Trinajstić information content (AvgIpc) is 2.46. The van der Waals surface area contributed by atoms with E-state index in [0.29, 0.717) is 11.8 Å². The van der Waals surface area contributed by atoms with Crippen molar-refractivity contribution in [2.75, 3.05) is 17.6 Å². The van der Waals surface area contributed by atoms with Crippen LogP contribution in [0.2, 0.25) is 0 Å². The molecule has 1 aliphatic heterocycles. The highest BCUT2D eigenvalue weighted by molar-refractivity contribution is 7.99. The van der Waals surface area contributed by atoms with Crippen LogP contribution in [0.5, 0.6) is 0 Å². The second-order valence-electron chi connectivity index (χ2n) is 4.82. The van der Waals surface area contributed by atoms with E-state index in [1.54, 1.807) is 0 Å². The van der Waals surface area contributed by atoms with E-state index in [9.17, 15) is 14.0 Å². The predicted octanol–water partition coefficient (Wildman–Crippen LogP) is 2.93. The molecule has 1 aromatic carbocycles. The van der Waals surface area contributed by atoms with E-state index in [-0.39, 0.29) is 5.69 Å². The molecule has 1 atom stereocenters. The van der Waals surface area contributed by atoms with Gasteiger partial charge in [-0.2, -0.15) is 11.8 Å². The Morgan fingerprint density at radius 1 is 1.38 bits per heavy atom. The molecule has 1 fully saturated rings. The fraction of sp³-hybridized carbons (Fsp3) is 0.429. The molecular weight excluding hydrogens is 295 g/mol. The number of halogens is 1. The van der Waals surface area contributed by atoms with Crippen molar-refractivity contribution in [1.29, 1.82) is 0 Å². The molecule has 0 saturated carbocycles. The minimum atomic E-state index is -1.34. The van der Waals surface area contributed by atoms with E-state index in [4.69, 9.17) is 5.11 Å². The normalized spacial score (nSPS) is 18.0. The van der Waals surface area contributed by atoms with Crippen LogP contribution in [-0.2, 0) is 0 Å². The molecule has 2 amide bonds. The van der Waals surface area contributed by atoms with Crippen molar-refractivity contribution in [3.05, 3.63) is 29.6 Å². The van der Waals surface area contributed by atoms with Crippen LogP contribution in [0.4, 0.5) is 14.9 Å². The lowest BCUT2D eigenvalue weighted by molar-refractivity contribution is 0.0692. The fourth-order valence-corrected chi connectivity index (χ4v) is 3.36. The molecule has 0 bridgehead atoms. The van der Waals surface area contributed by atoms with Gasteiger partial charge < -0.3 is 15.7 Å². The Labute approximate surface area is 126 Å². The summed E-state index contributed by atoms with van der Waals surface area (Å²) in [6, 6.07) is 3.08. The first-order valence-electron chi connectivity index (χ1n) is 6.75. The van der Waals surface area contributed by atoms with Crippen molar-refractivity contribution in [2.45, 2.75) is 24.5 Å². The van der Waals surface area contributed by atoms with Crippen LogP contribution in [-0.4, -0.2) is 34.7 Å². The first kappa shape index (κ1) is 15.6. The zero-order valence-corrected chi connectivity index (χ0v) is 12.2. The van der Waals surface area contributed by atoms with Crippen LogP contribution in [0.1, 0.15) is 29.6 Å². The number of rotatable bonds is 4. The Hall–Kier alpha value is -1.76. The van der Waals surface area contributed by atoms with Gasteiger partial charge in [0.25, 0.3) is 0 Å². The maximum absolute atomic E-state index is 13.5. The minimum absolute atomic E-state index is 0.228. The van der Waals surface area contributed by atoms with Gasteiger partial charge in [0.1, 0.15) is 5.82 Å². The molecule has 1 saturated heterocycles. The smallest absolute Gasteiger partial charge is 0.338 e. The molecule has 1 heterocycles. The third-order valence-electron chi connectivity index (χ3n) is 3.22. The number of hydrogen-bond donors (Lipinski definition) is 3. The van der Waals surface area contributed by atoms with Crippen molar-refractivity contribution in [3.63, 3.8) is 0 Å². The number of thioether (sulfide) groups is 1. The van der Waals surface area contributed by atoms with E-state index in [0.717, 1.165) is 24.3 Å². The van der Waals surface area contributed by atoms with Gasteiger partial charge in [-0.3, -0.25) is 0 Å². The number of anilines is 1. The van der Waals surface area contributed by atoms with Crippen LogP contribution in [0.3, 0.4) is 0 Å². The standard InChI is InChI=1S/C14H17FN2O3S/c15-12-7-9(4-5-11(12)13(18)19)17-14(20)16-8-10-3-1-2-6-21-10/h4-5,7,10H,1-3,6,8H2,(H,18,19)(H2,16,17,20). The Morgan fingerprint density at radius 2 is 2.19 bits per heavy atom. The van der Waals surface area contributed by atoms with Crippen molar-refractivity contribution in [2.24, 2.45) is 0 Å². The van der Waals surface area contributed by atoms with Crippen LogP contribution in [0.25, 0.3) is 0 Å². The molecular formula is C14H17FN2O3S. The fourth-order valence-electron chi connectivity index (χ4n) is 2.12. The Balaban J connectivity index is 1.84. The minimum Gasteiger partial charge on any atom is -0.478 e. The van der Waals surface area contributed by atoms with Crippen molar-refractivity contribution < 1.29 is 19.1 Å². The molecule has 21 heavy (non-hydrogen) atoms. The number of amides is 2. The zero-order chi connectivity index (χ0) is 15.2. The summed E-state index contributed by atoms with van der Waals surface area (Å²) < 4.78 is 13.5. The molecule has 114 valence electrons. The lowest BCUT2D eigenvalue weighted by atomic mass is 10.2. The third-order valence-corrected chi connectivity index (χ3v) is 4.62. The molecule has 5 nitrogen and oxygen atoms in total. The summed E-state index contributed by atoms with van der Waals surface area (Å²) in [5, 5.41) is 14.4. The monoisotopic (exact) mass is 312 g/mol. The lowest BCUT2D eigenvalue weighted by Crippen LogP contribution is -2.35. The van der Waals surface area contributed by atoms with Gasteiger partial charge >= 0.3 is 12.0 Å². The molecule has 1 aliphatic rings. The largest absolute Gasteiger partial charge is 0.478 e. The summed E-state index contributed by atoms with van der Waals surface area (Å²) >= 11 is 1.85. The van der Waals surface area contributed by atoms with Gasteiger partial charge in [-0.15, -0.1) is 0 Å². The summed E-state index contributed by atoms with van der Waals surface area (Å²) in [5.41, 5.74) is -0.189. The van der Waals surface area contributed by atoms with Crippen LogP contribution in [0, 0.1) is 5.82 Å². The summed E-state index contributed by atoms with van der Waals surface area (Å²) in [5.74, 6) is -1.09. The van der Waals surface area contributed by atoms with Gasteiger partial charge in [-0.05, 0) is 36.8 Å². The molecule has 0 spiro atoms. The topological polar surface area (TPSA) is 78.4 Å². The van der Waals surface area contributed by atoms with Crippen LogP contribution in [0.15, 0.2) is 18.2 Å². The summed E-state index contributed by atoms with van der Waals surface area (Å²) in [7, 11) is 0. The van der Waals surface area contributed by atoms with Crippen LogP contribution < -0.4 is 10.6 Å². The molecule has 0 aromatic heterocycles. The summed E-state index contributed by atoms with van der Waals surface area (Å²) in [6.07, 6.45) is 3.50. The van der Waals surface area contributed by atoms with E-state index in [1.807, 2.05) is 11.8 Å². The van der Waals surface area contributed by atoms with E-state index in [1.165, 1.54) is 18.9 Å². The summed E-state index contributed by atoms with van der Waals surface area (Å²) in [6.45, 7) is 0.576. The highest BCUT2D eigenvalue weighted by Gasteiger charge is 2.15. The maximum Gasteiger partial charge on any atom is 0.338 e. The lowest BCUT2D eigenvalue weighted by Gasteiger charge is -2.21. The second-order valence-corrected chi connectivity index (χ2v) is 6.23. The molecule has 1 aromatic rings. The molecule has 7 heteroatoms. The van der Waals surface area contributed by atoms with E-state index >= 15 is 0 Å². The van der Waals surface area contributed by atoms with Gasteiger partial charge in [0.05, 0.1) is 5.56 Å². The SMILES string of the molecule is O=C(NCC1CCCCS1)Nc1ccc(C(=O)O)c(F)c1. The van der Waals surface area contributed by atoms with Gasteiger partial charge in [0.2, 0.25) is 0 Å². The molecule has 3 N–H and O–H groups in total. The van der Waals surface area contributed by atoms with E-state index in [2.05, 4.69) is 10.6 Å². The van der Waals surface area contributed by atoms with Crippen molar-refractivity contribution in [3.8, 4) is 0 Å². The van der Waals surface area contributed by atoms with Crippen molar-refractivity contribution >= 4 is 29.4 Å². The number of urea groups is 1. The summed E-state index contributed by atoms with van der Waals surface area (Å²) in [4.78, 5) is 22.4. The quantitative estimate of drug-likeness (QED) is 0.799. The number of hydrogen-bond acceptors (Lipinski definition) is 3. The predicted molar refractivity (Wildman–Crippen MR) is 80.5 cm³/mol. The highest BCUT2D eigenvalue weighted by atomic mass is 32.2. The van der Waals surface area contributed by atoms with Gasteiger partial charge in [0.15, 0.2) is 0 Å². The van der Waals surface area contributed by atoms with E-state index < -0.39 is 23.4 Å². The Bertz CT molecular complexity index is 533. The molecule has 0 aliphatic carbocycles. The van der Waals surface area contributed by atoms with Gasteiger partial charge in [0, 0.05) is 17.5 Å². The maximum atomic E-state index is 13.5. The second kappa shape index (κ2) is 7.31. The number of nitrogens with one attached hydrogen (secondary N) is 2. The number of benzene rings is 1. The number of carbonyl (C=O) groups excluding carboxylic acids is 1. The molecule has 0 radical (unpaired) electrons. The van der Waals surface area contributed by atoms with Gasteiger partial charge in [-0.1, -0.05) is 6.42 Å². The number of carboxylic acid groups (broad SMARTS) is 1. The average molecular weight is 312 g/mol. The highest BCUT2D eigenvalue weighted by Crippen LogP contribution is 2.24. The number of aromatic carboxylic acids is 1. The third kappa shape index (κ3) is 4.63. The first-order chi connectivity index (χ1) is 10.1. The number of carboxylic acids is 1. The molecule has 1 unspecified atom stereocenters. The number of carbonyl (C=O) groups is 2. The Morgan fingerprint density at radius 3 is 2.81 bits per heavy atom. The van der Waals surface area contributed by atoms with Crippen molar-refractivity contribution in [1.82, 2.24) is 5.32 Å². The Kier molecular flexibility index (Phi) is 5.44. The van der Waals surface area contributed by atoms with Gasteiger partial charge in [-0.25, -0.2) is 14.0 Å². The first-order valence-corrected chi connectivity index (χ1v) is 7.80. The zero-order valence-electron chi connectivity index (χ0n) is 11.4. The van der Waals surface area contributed by atoms with Crippen LogP contribution >= 0.6 is 11.8 Å².